The summed E-state index contributed by atoms with van der Waals surface area (Å²) in [6, 6.07) is 13.2. The summed E-state index contributed by atoms with van der Waals surface area (Å²) >= 11 is 0. The van der Waals surface area contributed by atoms with E-state index in [-0.39, 0.29) is 24.5 Å². The van der Waals surface area contributed by atoms with E-state index in [2.05, 4.69) is 9.88 Å². The van der Waals surface area contributed by atoms with Crippen molar-refractivity contribution in [1.29, 1.82) is 0 Å². The van der Waals surface area contributed by atoms with Crippen molar-refractivity contribution in [3.63, 3.8) is 0 Å². The van der Waals surface area contributed by atoms with Crippen molar-refractivity contribution in [1.82, 2.24) is 14.8 Å². The highest BCUT2D eigenvalue weighted by Crippen LogP contribution is 2.36. The summed E-state index contributed by atoms with van der Waals surface area (Å²) in [5.41, 5.74) is 1.47. The number of carbonyl (C=O) groups excluding carboxylic acids is 2. The fourth-order valence-electron chi connectivity index (χ4n) is 4.23. The van der Waals surface area contributed by atoms with Gasteiger partial charge in [0, 0.05) is 37.9 Å². The van der Waals surface area contributed by atoms with Gasteiger partial charge in [-0.2, -0.15) is 0 Å². The van der Waals surface area contributed by atoms with E-state index in [0.717, 1.165) is 5.82 Å². The molecule has 2 aromatic rings. The molecule has 1 aromatic carbocycles. The van der Waals surface area contributed by atoms with Gasteiger partial charge in [-0.15, -0.1) is 0 Å². The van der Waals surface area contributed by atoms with E-state index in [1.807, 2.05) is 55.1 Å². The topological polar surface area (TPSA) is 75.2 Å². The van der Waals surface area contributed by atoms with E-state index in [4.69, 9.17) is 9.47 Å². The van der Waals surface area contributed by atoms with Gasteiger partial charge >= 0.3 is 0 Å². The van der Waals surface area contributed by atoms with E-state index in [0.29, 0.717) is 55.4 Å². The molecular formula is C25H30N4O4. The highest BCUT2D eigenvalue weighted by atomic mass is 16.5. The second-order valence-electron chi connectivity index (χ2n) is 8.27. The summed E-state index contributed by atoms with van der Waals surface area (Å²) in [4.78, 5) is 36.9. The average Bonchev–Trinajstić information content (AvgIpc) is 3.09. The second-order valence-corrected chi connectivity index (χ2v) is 8.27. The number of methoxy groups -OCH3 is 1. The number of nitrogens with zero attached hydrogens (tertiary/aromatic N) is 4. The van der Waals surface area contributed by atoms with Crippen LogP contribution in [0.3, 0.4) is 0 Å². The monoisotopic (exact) mass is 450 g/mol. The highest BCUT2D eigenvalue weighted by molar-refractivity contribution is 6.36. The van der Waals surface area contributed by atoms with Crippen LogP contribution >= 0.6 is 0 Å². The molecule has 0 saturated carbocycles. The number of piperazine rings is 1. The Bertz CT molecular complexity index is 1030. The Morgan fingerprint density at radius 2 is 1.64 bits per heavy atom. The highest BCUT2D eigenvalue weighted by Gasteiger charge is 2.42. The molecular weight excluding hydrogens is 420 g/mol. The quantitative estimate of drug-likeness (QED) is 0.572. The van der Waals surface area contributed by atoms with Crippen molar-refractivity contribution in [3.8, 4) is 5.75 Å². The van der Waals surface area contributed by atoms with E-state index >= 15 is 0 Å². The Labute approximate surface area is 194 Å². The number of rotatable bonds is 8. The normalized spacial score (nSPS) is 16.9. The van der Waals surface area contributed by atoms with Crippen molar-refractivity contribution in [2.75, 3.05) is 51.3 Å². The summed E-state index contributed by atoms with van der Waals surface area (Å²) < 4.78 is 11.1. The van der Waals surface area contributed by atoms with Crippen LogP contribution in [0, 0.1) is 0 Å². The van der Waals surface area contributed by atoms with Crippen molar-refractivity contribution in [2.45, 2.75) is 20.0 Å². The molecule has 1 fully saturated rings. The van der Waals surface area contributed by atoms with Gasteiger partial charge in [-0.05, 0) is 32.0 Å². The summed E-state index contributed by atoms with van der Waals surface area (Å²) in [7, 11) is 1.57. The van der Waals surface area contributed by atoms with Gasteiger partial charge in [0.05, 0.1) is 31.9 Å². The predicted octanol–water partition coefficient (Wildman–Crippen LogP) is 2.42. The number of hydrogen-bond acceptors (Lipinski definition) is 7. The van der Waals surface area contributed by atoms with Crippen molar-refractivity contribution >= 4 is 23.2 Å². The van der Waals surface area contributed by atoms with Gasteiger partial charge in [-0.1, -0.05) is 24.3 Å². The molecule has 2 aliphatic heterocycles. The van der Waals surface area contributed by atoms with E-state index in [9.17, 15) is 9.59 Å². The van der Waals surface area contributed by atoms with Crippen LogP contribution in [0.15, 0.2) is 54.4 Å². The predicted molar refractivity (Wildman–Crippen MR) is 126 cm³/mol. The molecule has 0 N–H and O–H groups in total. The van der Waals surface area contributed by atoms with Crippen LogP contribution < -0.4 is 9.64 Å². The maximum absolute atomic E-state index is 13.5. The molecule has 0 atom stereocenters. The Kier molecular flexibility index (Phi) is 6.93. The lowest BCUT2D eigenvalue weighted by Gasteiger charge is -2.37. The van der Waals surface area contributed by atoms with Gasteiger partial charge in [0.15, 0.2) is 0 Å². The molecule has 2 amide bonds. The molecule has 0 aliphatic carbocycles. The number of anilines is 1. The Hall–Kier alpha value is -3.39. The largest absolute Gasteiger partial charge is 0.496 e. The number of ether oxygens (including phenoxy) is 2. The molecule has 174 valence electrons. The Morgan fingerprint density at radius 1 is 0.939 bits per heavy atom. The number of imide groups is 1. The van der Waals surface area contributed by atoms with Crippen LogP contribution in [0.5, 0.6) is 5.75 Å². The minimum atomic E-state index is -0.306. The van der Waals surface area contributed by atoms with Crippen LogP contribution in [0.2, 0.25) is 0 Å². The van der Waals surface area contributed by atoms with Crippen LogP contribution in [0.25, 0.3) is 5.57 Å². The SMILES string of the molecule is COc1ccccc1C1=C(N2CCN(c3ccccn3)CC2)C(=O)N(CCOC(C)C)C1=O. The zero-order valence-corrected chi connectivity index (χ0v) is 19.4. The Balaban J connectivity index is 1.63. The third-order valence-corrected chi connectivity index (χ3v) is 5.86. The smallest absolute Gasteiger partial charge is 0.277 e. The third kappa shape index (κ3) is 4.71. The lowest BCUT2D eigenvalue weighted by atomic mass is 10.0. The molecule has 33 heavy (non-hydrogen) atoms. The maximum Gasteiger partial charge on any atom is 0.277 e. The molecule has 0 unspecified atom stereocenters. The fourth-order valence-corrected chi connectivity index (χ4v) is 4.23. The summed E-state index contributed by atoms with van der Waals surface area (Å²) in [5, 5.41) is 0. The van der Waals surface area contributed by atoms with Crippen molar-refractivity contribution in [2.24, 2.45) is 0 Å². The van der Waals surface area contributed by atoms with Gasteiger partial charge in [0.2, 0.25) is 0 Å². The first kappa shape index (κ1) is 22.8. The molecule has 3 heterocycles. The fraction of sp³-hybridized carbons (Fsp3) is 0.400. The van der Waals surface area contributed by atoms with Crippen LogP contribution in [0.1, 0.15) is 19.4 Å². The van der Waals surface area contributed by atoms with Crippen LogP contribution in [0.4, 0.5) is 5.82 Å². The summed E-state index contributed by atoms with van der Waals surface area (Å²) in [5.74, 6) is 0.898. The van der Waals surface area contributed by atoms with Gasteiger partial charge in [0.1, 0.15) is 17.3 Å². The third-order valence-electron chi connectivity index (χ3n) is 5.86. The van der Waals surface area contributed by atoms with E-state index in [1.165, 1.54) is 4.90 Å². The molecule has 4 rings (SSSR count). The van der Waals surface area contributed by atoms with Gasteiger partial charge in [0.25, 0.3) is 11.8 Å². The first-order valence-electron chi connectivity index (χ1n) is 11.3. The average molecular weight is 451 g/mol. The van der Waals surface area contributed by atoms with Crippen molar-refractivity contribution < 1.29 is 19.1 Å². The molecule has 1 aromatic heterocycles. The summed E-state index contributed by atoms with van der Waals surface area (Å²) in [6.07, 6.45) is 1.80. The lowest BCUT2D eigenvalue weighted by molar-refractivity contribution is -0.138. The molecule has 0 bridgehead atoms. The second kappa shape index (κ2) is 10.0. The standard InChI is InChI=1S/C25H30N4O4/c1-18(2)33-17-16-29-24(30)22(19-8-4-5-9-20(19)32-3)23(25(29)31)28-14-12-27(13-15-28)21-10-6-7-11-26-21/h4-11,18H,12-17H2,1-3H3. The number of para-hydroxylation sites is 1. The van der Waals surface area contributed by atoms with E-state index < -0.39 is 0 Å². The van der Waals surface area contributed by atoms with Gasteiger partial charge in [-0.3, -0.25) is 14.5 Å². The molecule has 2 aliphatic rings. The number of pyridine rings is 1. The molecule has 0 spiro atoms. The first-order chi connectivity index (χ1) is 16.0. The molecule has 1 saturated heterocycles. The lowest BCUT2D eigenvalue weighted by Crippen LogP contribution is -2.48. The number of amides is 2. The van der Waals surface area contributed by atoms with E-state index in [1.54, 1.807) is 19.4 Å². The number of aromatic nitrogens is 1. The zero-order valence-electron chi connectivity index (χ0n) is 19.4. The number of carbonyl (C=O) groups is 2. The molecule has 8 nitrogen and oxygen atoms in total. The molecule has 8 heteroatoms. The van der Waals surface area contributed by atoms with Gasteiger partial charge < -0.3 is 19.3 Å². The number of benzene rings is 1. The van der Waals surface area contributed by atoms with Crippen LogP contribution in [-0.2, 0) is 14.3 Å². The number of hydrogen-bond donors (Lipinski definition) is 0. The maximum atomic E-state index is 13.5. The van der Waals surface area contributed by atoms with Crippen molar-refractivity contribution in [3.05, 3.63) is 59.9 Å². The van der Waals surface area contributed by atoms with Gasteiger partial charge in [-0.25, -0.2) is 4.98 Å². The van der Waals surface area contributed by atoms with Crippen LogP contribution in [-0.4, -0.2) is 79.1 Å². The molecule has 0 radical (unpaired) electrons. The minimum Gasteiger partial charge on any atom is -0.496 e. The zero-order chi connectivity index (χ0) is 23.4. The summed E-state index contributed by atoms with van der Waals surface area (Å²) in [6.45, 7) is 7.01. The Morgan fingerprint density at radius 3 is 2.30 bits per heavy atom. The first-order valence-corrected chi connectivity index (χ1v) is 11.3. The minimum absolute atomic E-state index is 0.0265.